The Bertz CT molecular complexity index is 1590. The molecule has 8 heteroatoms. The average molecular weight is 515 g/mol. The molecule has 0 aliphatic carbocycles. The summed E-state index contributed by atoms with van der Waals surface area (Å²) in [7, 11) is 3.05. The van der Waals surface area contributed by atoms with Gasteiger partial charge in [0.25, 0.3) is 5.78 Å². The lowest BCUT2D eigenvalue weighted by molar-refractivity contribution is -0.132. The molecule has 7 nitrogen and oxygen atoms in total. The molecule has 1 N–H and O–H groups in total. The molecular weight excluding hydrogens is 488 g/mol. The van der Waals surface area contributed by atoms with Crippen molar-refractivity contribution >= 4 is 44.1 Å². The van der Waals surface area contributed by atoms with Gasteiger partial charge in [0.15, 0.2) is 5.13 Å². The van der Waals surface area contributed by atoms with E-state index < -0.39 is 17.7 Å². The summed E-state index contributed by atoms with van der Waals surface area (Å²) in [6.07, 6.45) is 0. The lowest BCUT2D eigenvalue weighted by Crippen LogP contribution is -2.29. The van der Waals surface area contributed by atoms with Crippen molar-refractivity contribution in [2.24, 2.45) is 0 Å². The summed E-state index contributed by atoms with van der Waals surface area (Å²) < 4.78 is 12.0. The highest BCUT2D eigenvalue weighted by molar-refractivity contribution is 7.22. The fourth-order valence-electron chi connectivity index (χ4n) is 4.71. The Labute approximate surface area is 218 Å². The number of aromatic nitrogens is 1. The summed E-state index contributed by atoms with van der Waals surface area (Å²) in [5, 5.41) is 11.8. The molecular formula is C29H26N2O5S. The molecule has 1 saturated heterocycles. The first-order chi connectivity index (χ1) is 17.7. The maximum Gasteiger partial charge on any atom is 0.301 e. The Kier molecular flexibility index (Phi) is 6.21. The highest BCUT2D eigenvalue weighted by Gasteiger charge is 2.49. The number of hydrogen-bond acceptors (Lipinski definition) is 7. The van der Waals surface area contributed by atoms with Crippen LogP contribution in [0.3, 0.4) is 0 Å². The second-order valence-electron chi connectivity index (χ2n) is 9.07. The van der Waals surface area contributed by atoms with Crippen LogP contribution in [-0.2, 0) is 9.59 Å². The van der Waals surface area contributed by atoms with Gasteiger partial charge in [0.2, 0.25) is 0 Å². The molecule has 0 saturated carbocycles. The van der Waals surface area contributed by atoms with Gasteiger partial charge in [-0.1, -0.05) is 47.2 Å². The van der Waals surface area contributed by atoms with Gasteiger partial charge in [-0.3, -0.25) is 14.5 Å². The summed E-state index contributed by atoms with van der Waals surface area (Å²) in [6, 6.07) is 15.3. The van der Waals surface area contributed by atoms with Gasteiger partial charge in [0.05, 0.1) is 30.0 Å². The minimum absolute atomic E-state index is 0.0347. The third kappa shape index (κ3) is 4.13. The van der Waals surface area contributed by atoms with Gasteiger partial charge in [-0.25, -0.2) is 4.98 Å². The lowest BCUT2D eigenvalue weighted by Gasteiger charge is -2.25. The highest BCUT2D eigenvalue weighted by atomic mass is 32.1. The molecule has 1 atom stereocenters. The quantitative estimate of drug-likeness (QED) is 0.204. The number of rotatable bonds is 5. The Hall–Kier alpha value is -4.17. The van der Waals surface area contributed by atoms with E-state index in [1.165, 1.54) is 30.5 Å². The number of carbonyl (C=O) groups excluding carboxylic acids is 2. The van der Waals surface area contributed by atoms with E-state index in [1.54, 1.807) is 30.3 Å². The number of anilines is 1. The number of benzene rings is 3. The Morgan fingerprint density at radius 2 is 1.68 bits per heavy atom. The number of aryl methyl sites for hydroxylation is 3. The third-order valence-electron chi connectivity index (χ3n) is 6.53. The fourth-order valence-corrected chi connectivity index (χ4v) is 5.87. The van der Waals surface area contributed by atoms with E-state index in [9.17, 15) is 14.7 Å². The number of Topliss-reactive ketones (excluding diaryl/α,β-unsaturated/α-hetero) is 1. The molecule has 37 heavy (non-hydrogen) atoms. The number of methoxy groups -OCH3 is 2. The molecule has 1 aliphatic heterocycles. The van der Waals surface area contributed by atoms with Crippen LogP contribution in [0.4, 0.5) is 5.13 Å². The van der Waals surface area contributed by atoms with Crippen molar-refractivity contribution in [2.45, 2.75) is 26.8 Å². The van der Waals surface area contributed by atoms with Crippen LogP contribution in [-0.4, -0.2) is 36.0 Å². The van der Waals surface area contributed by atoms with E-state index in [1.807, 2.05) is 45.0 Å². The van der Waals surface area contributed by atoms with Crippen LogP contribution in [0.2, 0.25) is 0 Å². The molecule has 0 bridgehead atoms. The van der Waals surface area contributed by atoms with Gasteiger partial charge in [0.1, 0.15) is 23.3 Å². The number of ether oxygens (including phenoxy) is 2. The summed E-state index contributed by atoms with van der Waals surface area (Å²) >= 11 is 1.33. The van der Waals surface area contributed by atoms with Gasteiger partial charge < -0.3 is 14.6 Å². The van der Waals surface area contributed by atoms with Crippen molar-refractivity contribution in [1.82, 2.24) is 4.98 Å². The van der Waals surface area contributed by atoms with Crippen LogP contribution < -0.4 is 14.4 Å². The largest absolute Gasteiger partial charge is 0.507 e. The Balaban J connectivity index is 1.80. The molecule has 188 valence electrons. The van der Waals surface area contributed by atoms with Gasteiger partial charge in [-0.05, 0) is 56.2 Å². The van der Waals surface area contributed by atoms with E-state index in [4.69, 9.17) is 14.5 Å². The second-order valence-corrected chi connectivity index (χ2v) is 10.1. The number of thiazole rings is 1. The predicted molar refractivity (Wildman–Crippen MR) is 145 cm³/mol. The number of aliphatic hydroxyl groups excluding tert-OH is 1. The van der Waals surface area contributed by atoms with Crippen LogP contribution in [0.15, 0.2) is 60.2 Å². The monoisotopic (exact) mass is 514 g/mol. The number of amides is 1. The highest BCUT2D eigenvalue weighted by Crippen LogP contribution is 2.47. The second kappa shape index (κ2) is 9.37. The number of fused-ring (bicyclic) bond motifs is 1. The van der Waals surface area contributed by atoms with Crippen molar-refractivity contribution in [3.63, 3.8) is 0 Å². The first-order valence-corrected chi connectivity index (χ1v) is 12.5. The van der Waals surface area contributed by atoms with Crippen LogP contribution >= 0.6 is 11.3 Å². The minimum Gasteiger partial charge on any atom is -0.507 e. The van der Waals surface area contributed by atoms with Gasteiger partial charge in [-0.15, -0.1) is 0 Å². The van der Waals surface area contributed by atoms with E-state index in [0.717, 1.165) is 26.9 Å². The van der Waals surface area contributed by atoms with Crippen molar-refractivity contribution in [3.05, 3.63) is 88.0 Å². The van der Waals surface area contributed by atoms with Gasteiger partial charge >= 0.3 is 5.91 Å². The van der Waals surface area contributed by atoms with Gasteiger partial charge in [-0.2, -0.15) is 0 Å². The number of aliphatic hydroxyl groups is 1. The topological polar surface area (TPSA) is 89.0 Å². The Morgan fingerprint density at radius 1 is 0.946 bits per heavy atom. The molecule has 1 unspecified atom stereocenters. The molecule has 3 aromatic carbocycles. The first-order valence-electron chi connectivity index (χ1n) is 11.7. The smallest absolute Gasteiger partial charge is 0.301 e. The van der Waals surface area contributed by atoms with Crippen molar-refractivity contribution in [2.75, 3.05) is 19.1 Å². The minimum atomic E-state index is -0.978. The van der Waals surface area contributed by atoms with E-state index in [0.29, 0.717) is 27.8 Å². The van der Waals surface area contributed by atoms with Gasteiger partial charge in [0, 0.05) is 11.1 Å². The van der Waals surface area contributed by atoms with Crippen LogP contribution in [0.5, 0.6) is 11.5 Å². The molecule has 1 aliphatic rings. The average Bonchev–Trinajstić information content (AvgIpc) is 3.42. The maximum atomic E-state index is 13.6. The summed E-state index contributed by atoms with van der Waals surface area (Å²) in [6.45, 7) is 5.90. The molecule has 1 amide bonds. The van der Waals surface area contributed by atoms with Crippen molar-refractivity contribution in [3.8, 4) is 11.5 Å². The normalized spacial score (nSPS) is 17.0. The summed E-state index contributed by atoms with van der Waals surface area (Å²) in [5.41, 5.74) is 4.73. The number of nitrogens with zero attached hydrogens (tertiary/aromatic N) is 2. The summed E-state index contributed by atoms with van der Waals surface area (Å²) in [4.78, 5) is 33.3. The summed E-state index contributed by atoms with van der Waals surface area (Å²) in [5.74, 6) is -0.853. The molecule has 4 aromatic rings. The Morgan fingerprint density at radius 3 is 2.35 bits per heavy atom. The zero-order valence-electron chi connectivity index (χ0n) is 21.2. The number of hydrogen-bond donors (Lipinski definition) is 1. The molecule has 0 spiro atoms. The zero-order chi connectivity index (χ0) is 26.4. The van der Waals surface area contributed by atoms with Crippen molar-refractivity contribution < 1.29 is 24.2 Å². The third-order valence-corrected chi connectivity index (χ3v) is 7.53. The van der Waals surface area contributed by atoms with Crippen LogP contribution in [0.1, 0.15) is 33.9 Å². The fraction of sp³-hybridized carbons (Fsp3) is 0.207. The standard InChI is InChI=1S/C29H26N2O5S/c1-15-6-8-18(9-7-15)26(32)23-25(20-14-19(35-4)10-11-21(20)36-5)31(28(34)27(23)33)29-30-24-17(3)12-16(2)13-22(24)37-29/h6-14,25,32H,1-5H3. The first kappa shape index (κ1) is 24.5. The SMILES string of the molecule is COc1ccc(OC)c(C2C(=C(O)c3ccc(C)cc3)C(=O)C(=O)N2c2nc3c(C)cc(C)cc3s2)c1. The molecule has 2 heterocycles. The maximum absolute atomic E-state index is 13.6. The number of ketones is 1. The van der Waals surface area contributed by atoms with Crippen LogP contribution in [0, 0.1) is 20.8 Å². The zero-order valence-corrected chi connectivity index (χ0v) is 22.0. The number of carbonyl (C=O) groups is 2. The predicted octanol–water partition coefficient (Wildman–Crippen LogP) is 5.87. The van der Waals surface area contributed by atoms with E-state index in [2.05, 4.69) is 0 Å². The molecule has 1 aromatic heterocycles. The van der Waals surface area contributed by atoms with E-state index >= 15 is 0 Å². The van der Waals surface area contributed by atoms with E-state index in [-0.39, 0.29) is 11.3 Å². The molecule has 0 radical (unpaired) electrons. The molecule has 1 fully saturated rings. The van der Waals surface area contributed by atoms with Crippen LogP contribution in [0.25, 0.3) is 16.0 Å². The molecule has 5 rings (SSSR count). The lowest BCUT2D eigenvalue weighted by atomic mass is 9.94. The van der Waals surface area contributed by atoms with Crippen molar-refractivity contribution in [1.29, 1.82) is 0 Å².